The third kappa shape index (κ3) is 3.67. The molecule has 0 radical (unpaired) electrons. The molecule has 2 aromatic carbocycles. The number of anilines is 1. The summed E-state index contributed by atoms with van der Waals surface area (Å²) in [6.45, 7) is 7.55. The minimum absolute atomic E-state index is 0.179. The lowest BCUT2D eigenvalue weighted by Crippen LogP contribution is -2.10. The van der Waals surface area contributed by atoms with E-state index >= 15 is 0 Å². The summed E-state index contributed by atoms with van der Waals surface area (Å²) in [5, 5.41) is 3.27. The van der Waals surface area contributed by atoms with Gasteiger partial charge in [-0.05, 0) is 45.9 Å². The minimum atomic E-state index is 0.179. The average Bonchev–Trinajstić information content (AvgIpc) is 3.07. The maximum Gasteiger partial charge on any atom is 0.0949 e. The summed E-state index contributed by atoms with van der Waals surface area (Å²) < 4.78 is 2.08. The van der Waals surface area contributed by atoms with Crippen LogP contribution in [-0.2, 0) is 12.0 Å². The van der Waals surface area contributed by atoms with Gasteiger partial charge < -0.3 is 9.88 Å². The Bertz CT molecular complexity index is 794. The zero-order valence-electron chi connectivity index (χ0n) is 14.9. The molecule has 0 spiro atoms. The van der Waals surface area contributed by atoms with E-state index in [0.717, 1.165) is 12.2 Å². The van der Waals surface area contributed by atoms with E-state index in [1.165, 1.54) is 22.3 Å². The van der Waals surface area contributed by atoms with Gasteiger partial charge in [0.05, 0.1) is 6.33 Å². The van der Waals surface area contributed by atoms with Gasteiger partial charge >= 0.3 is 0 Å². The van der Waals surface area contributed by atoms with Crippen LogP contribution in [0.4, 0.5) is 5.69 Å². The Hall–Kier alpha value is -2.55. The summed E-state index contributed by atoms with van der Waals surface area (Å²) in [6.07, 6.45) is 5.65. The molecule has 1 aromatic heterocycles. The highest BCUT2D eigenvalue weighted by molar-refractivity contribution is 5.69. The van der Waals surface area contributed by atoms with Gasteiger partial charge in [-0.2, -0.15) is 0 Å². The molecule has 3 nitrogen and oxygen atoms in total. The number of aromatic nitrogens is 2. The lowest BCUT2D eigenvalue weighted by Gasteiger charge is -2.19. The van der Waals surface area contributed by atoms with Gasteiger partial charge in [0.2, 0.25) is 0 Å². The molecular weight excluding hydrogens is 294 g/mol. The lowest BCUT2D eigenvalue weighted by molar-refractivity contribution is 0.590. The topological polar surface area (TPSA) is 29.9 Å². The second-order valence-corrected chi connectivity index (χ2v) is 7.23. The van der Waals surface area contributed by atoms with Crippen molar-refractivity contribution in [3.63, 3.8) is 0 Å². The highest BCUT2D eigenvalue weighted by Crippen LogP contribution is 2.28. The van der Waals surface area contributed by atoms with Gasteiger partial charge in [0.25, 0.3) is 0 Å². The summed E-state index contributed by atoms with van der Waals surface area (Å²) in [6, 6.07) is 15.5. The molecule has 1 N–H and O–H groups in total. The molecule has 1 heterocycles. The van der Waals surface area contributed by atoms with Crippen LogP contribution in [0.1, 0.15) is 31.9 Å². The predicted molar refractivity (Wildman–Crippen MR) is 101 cm³/mol. The Morgan fingerprint density at radius 3 is 2.33 bits per heavy atom. The van der Waals surface area contributed by atoms with Crippen molar-refractivity contribution >= 4 is 5.69 Å². The third-order valence-corrected chi connectivity index (χ3v) is 4.29. The monoisotopic (exact) mass is 319 g/mol. The third-order valence-electron chi connectivity index (χ3n) is 4.29. The van der Waals surface area contributed by atoms with E-state index < -0.39 is 0 Å². The molecule has 0 saturated carbocycles. The fraction of sp³-hybridized carbons (Fsp3) is 0.286. The van der Waals surface area contributed by atoms with Gasteiger partial charge in [0, 0.05) is 31.7 Å². The molecule has 0 amide bonds. The van der Waals surface area contributed by atoms with Crippen molar-refractivity contribution in [3.05, 3.63) is 72.3 Å². The van der Waals surface area contributed by atoms with E-state index in [9.17, 15) is 0 Å². The number of nitrogens with one attached hydrogen (secondary N) is 1. The summed E-state index contributed by atoms with van der Waals surface area (Å²) in [5.41, 5.74) is 6.40. The number of nitrogens with zero attached hydrogens (tertiary/aromatic N) is 2. The molecule has 0 aliphatic rings. The van der Waals surface area contributed by atoms with Gasteiger partial charge in [-0.25, -0.2) is 4.98 Å². The molecule has 0 saturated heterocycles. The largest absolute Gasteiger partial charge is 0.388 e. The van der Waals surface area contributed by atoms with Crippen molar-refractivity contribution in [2.24, 2.45) is 0 Å². The van der Waals surface area contributed by atoms with E-state index in [1.54, 1.807) is 0 Å². The first-order valence-corrected chi connectivity index (χ1v) is 8.34. The van der Waals surface area contributed by atoms with Crippen molar-refractivity contribution in [2.45, 2.75) is 32.7 Å². The summed E-state index contributed by atoms with van der Waals surface area (Å²) in [4.78, 5) is 4.12. The van der Waals surface area contributed by atoms with Gasteiger partial charge in [-0.1, -0.05) is 45.0 Å². The van der Waals surface area contributed by atoms with Crippen LogP contribution in [0.2, 0.25) is 0 Å². The normalized spacial score (nSPS) is 11.5. The van der Waals surface area contributed by atoms with Crippen LogP contribution in [0.25, 0.3) is 11.1 Å². The van der Waals surface area contributed by atoms with Crippen LogP contribution in [0.5, 0.6) is 0 Å². The molecular formula is C21H25N3. The number of hydrogen-bond acceptors (Lipinski definition) is 2. The number of rotatable bonds is 4. The first kappa shape index (κ1) is 16.3. The Morgan fingerprint density at radius 2 is 1.75 bits per heavy atom. The molecule has 3 rings (SSSR count). The fourth-order valence-corrected chi connectivity index (χ4v) is 2.85. The first-order valence-electron chi connectivity index (χ1n) is 8.34. The van der Waals surface area contributed by atoms with E-state index in [4.69, 9.17) is 0 Å². The summed E-state index contributed by atoms with van der Waals surface area (Å²) in [5.74, 6) is 0. The standard InChI is InChI=1S/C21H25N3/c1-21(2,3)19-7-5-17(6-8-19)18-11-16(12-20(13-18)22-4)14-24-10-9-23-15-24/h5-13,15,22H,14H2,1-4H3. The van der Waals surface area contributed by atoms with Crippen LogP contribution in [-0.4, -0.2) is 16.6 Å². The molecule has 0 unspecified atom stereocenters. The van der Waals surface area contributed by atoms with Crippen LogP contribution in [0.3, 0.4) is 0 Å². The van der Waals surface area contributed by atoms with Gasteiger partial charge in [-0.15, -0.1) is 0 Å². The van der Waals surface area contributed by atoms with Gasteiger partial charge in [0.1, 0.15) is 0 Å². The highest BCUT2D eigenvalue weighted by atomic mass is 15.0. The van der Waals surface area contributed by atoms with E-state index in [0.29, 0.717) is 0 Å². The van der Waals surface area contributed by atoms with Crippen molar-refractivity contribution in [1.29, 1.82) is 0 Å². The molecule has 0 aliphatic heterocycles. The lowest BCUT2D eigenvalue weighted by atomic mass is 9.86. The smallest absolute Gasteiger partial charge is 0.0949 e. The van der Waals surface area contributed by atoms with Crippen LogP contribution in [0.15, 0.2) is 61.2 Å². The van der Waals surface area contributed by atoms with E-state index in [1.807, 2.05) is 25.8 Å². The van der Waals surface area contributed by atoms with Gasteiger partial charge in [0.15, 0.2) is 0 Å². The first-order chi connectivity index (χ1) is 11.5. The molecule has 3 aromatic rings. The molecule has 0 fully saturated rings. The van der Waals surface area contributed by atoms with Crippen molar-refractivity contribution in [3.8, 4) is 11.1 Å². The second-order valence-electron chi connectivity index (χ2n) is 7.23. The molecule has 24 heavy (non-hydrogen) atoms. The maximum absolute atomic E-state index is 4.12. The molecule has 0 aliphatic carbocycles. The SMILES string of the molecule is CNc1cc(Cn2ccnc2)cc(-c2ccc(C(C)(C)C)cc2)c1. The van der Waals surface area contributed by atoms with Crippen LogP contribution in [0, 0.1) is 0 Å². The van der Waals surface area contributed by atoms with Crippen molar-refractivity contribution < 1.29 is 0 Å². The zero-order chi connectivity index (χ0) is 17.2. The molecule has 124 valence electrons. The van der Waals surface area contributed by atoms with Crippen LogP contribution < -0.4 is 5.32 Å². The Kier molecular flexibility index (Phi) is 4.43. The number of hydrogen-bond donors (Lipinski definition) is 1. The minimum Gasteiger partial charge on any atom is -0.388 e. The highest BCUT2D eigenvalue weighted by Gasteiger charge is 2.13. The summed E-state index contributed by atoms with van der Waals surface area (Å²) in [7, 11) is 1.96. The van der Waals surface area contributed by atoms with Crippen molar-refractivity contribution in [1.82, 2.24) is 9.55 Å². The quantitative estimate of drug-likeness (QED) is 0.738. The molecule has 3 heteroatoms. The Morgan fingerprint density at radius 1 is 1.00 bits per heavy atom. The van der Waals surface area contributed by atoms with Gasteiger partial charge in [-0.3, -0.25) is 0 Å². The molecule has 0 atom stereocenters. The Balaban J connectivity index is 1.94. The predicted octanol–water partition coefficient (Wildman–Crippen LogP) is 4.94. The van der Waals surface area contributed by atoms with E-state index in [2.05, 4.69) is 78.1 Å². The number of benzene rings is 2. The van der Waals surface area contributed by atoms with E-state index in [-0.39, 0.29) is 5.41 Å². The maximum atomic E-state index is 4.12. The fourth-order valence-electron chi connectivity index (χ4n) is 2.85. The zero-order valence-corrected chi connectivity index (χ0v) is 14.9. The molecule has 0 bridgehead atoms. The second kappa shape index (κ2) is 6.52. The van der Waals surface area contributed by atoms with Crippen LogP contribution >= 0.6 is 0 Å². The average molecular weight is 319 g/mol. The summed E-state index contributed by atoms with van der Waals surface area (Å²) >= 11 is 0. The van der Waals surface area contributed by atoms with Crippen molar-refractivity contribution in [2.75, 3.05) is 12.4 Å². The number of imidazole rings is 1. The Labute approximate surface area is 144 Å².